The summed E-state index contributed by atoms with van der Waals surface area (Å²) in [5.74, 6) is -0.780. The molecule has 2 amide bonds. The second-order valence-corrected chi connectivity index (χ2v) is 6.31. The maximum absolute atomic E-state index is 12.2. The van der Waals surface area contributed by atoms with Crippen LogP contribution in [0.5, 0.6) is 0 Å². The molecule has 0 spiro atoms. The van der Waals surface area contributed by atoms with Crippen LogP contribution in [0, 0.1) is 5.41 Å². The van der Waals surface area contributed by atoms with Gasteiger partial charge < -0.3 is 20.1 Å². The van der Waals surface area contributed by atoms with Crippen LogP contribution in [0.25, 0.3) is 0 Å². The quantitative estimate of drug-likeness (QED) is 0.815. The zero-order valence-electron chi connectivity index (χ0n) is 11.6. The van der Waals surface area contributed by atoms with E-state index >= 15 is 0 Å². The standard InChI is InChI=1S/C14H22N2O4/c17-12(18)14(5-1-2-6-14)9-15-13(19)16-7-10-3-4-11(8-16)20-10/h10-11H,1-9H2,(H,15,19)(H,17,18). The minimum Gasteiger partial charge on any atom is -0.481 e. The summed E-state index contributed by atoms with van der Waals surface area (Å²) in [5.41, 5.74) is -0.749. The topological polar surface area (TPSA) is 78.9 Å². The summed E-state index contributed by atoms with van der Waals surface area (Å²) in [6.45, 7) is 1.50. The Morgan fingerprint density at radius 2 is 1.80 bits per heavy atom. The summed E-state index contributed by atoms with van der Waals surface area (Å²) < 4.78 is 5.70. The fraction of sp³-hybridized carbons (Fsp3) is 0.857. The molecule has 2 unspecified atom stereocenters. The molecule has 2 aliphatic heterocycles. The van der Waals surface area contributed by atoms with Gasteiger partial charge >= 0.3 is 12.0 Å². The van der Waals surface area contributed by atoms with Gasteiger partial charge in [-0.1, -0.05) is 12.8 Å². The number of carboxylic acid groups (broad SMARTS) is 1. The Labute approximate surface area is 118 Å². The first-order valence-electron chi connectivity index (χ1n) is 7.51. The summed E-state index contributed by atoms with van der Waals surface area (Å²) >= 11 is 0. The van der Waals surface area contributed by atoms with E-state index in [0.29, 0.717) is 25.9 Å². The van der Waals surface area contributed by atoms with Crippen molar-refractivity contribution in [3.8, 4) is 0 Å². The smallest absolute Gasteiger partial charge is 0.317 e. The molecule has 2 saturated heterocycles. The van der Waals surface area contributed by atoms with Gasteiger partial charge in [0.15, 0.2) is 0 Å². The molecule has 0 aromatic rings. The summed E-state index contributed by atoms with van der Waals surface area (Å²) in [4.78, 5) is 25.4. The number of amides is 2. The number of hydrogen-bond donors (Lipinski definition) is 2. The number of aliphatic carboxylic acids is 1. The maximum Gasteiger partial charge on any atom is 0.317 e. The van der Waals surface area contributed by atoms with Crippen LogP contribution >= 0.6 is 0 Å². The van der Waals surface area contributed by atoms with E-state index in [1.807, 2.05) is 0 Å². The summed E-state index contributed by atoms with van der Waals surface area (Å²) in [6, 6.07) is -0.141. The first kappa shape index (κ1) is 13.7. The van der Waals surface area contributed by atoms with Gasteiger partial charge in [0.1, 0.15) is 0 Å². The molecule has 3 rings (SSSR count). The van der Waals surface area contributed by atoms with Crippen molar-refractivity contribution in [2.75, 3.05) is 19.6 Å². The van der Waals surface area contributed by atoms with Crippen LogP contribution in [0.1, 0.15) is 38.5 Å². The highest BCUT2D eigenvalue weighted by atomic mass is 16.5. The van der Waals surface area contributed by atoms with Gasteiger partial charge in [-0.2, -0.15) is 0 Å². The van der Waals surface area contributed by atoms with Crippen LogP contribution in [-0.4, -0.2) is 53.8 Å². The molecule has 6 nitrogen and oxygen atoms in total. The van der Waals surface area contributed by atoms with Crippen LogP contribution in [0.15, 0.2) is 0 Å². The number of carbonyl (C=O) groups is 2. The van der Waals surface area contributed by atoms with Crippen LogP contribution in [0.2, 0.25) is 0 Å². The second-order valence-electron chi connectivity index (χ2n) is 6.31. The number of fused-ring (bicyclic) bond motifs is 2. The molecule has 3 aliphatic rings. The van der Waals surface area contributed by atoms with Crippen molar-refractivity contribution in [3.63, 3.8) is 0 Å². The third kappa shape index (κ3) is 2.49. The average Bonchev–Trinajstić information content (AvgIpc) is 3.04. The molecule has 0 radical (unpaired) electrons. The van der Waals surface area contributed by atoms with E-state index in [4.69, 9.17) is 4.74 Å². The fourth-order valence-corrected chi connectivity index (χ4v) is 3.66. The number of carbonyl (C=O) groups excluding carboxylic acids is 1. The lowest BCUT2D eigenvalue weighted by Gasteiger charge is -2.33. The van der Waals surface area contributed by atoms with E-state index in [9.17, 15) is 14.7 Å². The first-order valence-corrected chi connectivity index (χ1v) is 7.51. The fourth-order valence-electron chi connectivity index (χ4n) is 3.66. The predicted molar refractivity (Wildman–Crippen MR) is 71.4 cm³/mol. The highest BCUT2D eigenvalue weighted by Gasteiger charge is 2.42. The van der Waals surface area contributed by atoms with E-state index in [0.717, 1.165) is 25.7 Å². The number of nitrogens with zero attached hydrogens (tertiary/aromatic N) is 1. The monoisotopic (exact) mass is 282 g/mol. The van der Waals surface area contributed by atoms with Crippen molar-refractivity contribution < 1.29 is 19.4 Å². The molecule has 2 N–H and O–H groups in total. The molecule has 20 heavy (non-hydrogen) atoms. The van der Waals surface area contributed by atoms with Crippen LogP contribution in [0.3, 0.4) is 0 Å². The molecule has 1 aliphatic carbocycles. The van der Waals surface area contributed by atoms with Crippen molar-refractivity contribution in [1.29, 1.82) is 0 Å². The zero-order valence-corrected chi connectivity index (χ0v) is 11.6. The van der Waals surface area contributed by atoms with Crippen LogP contribution < -0.4 is 5.32 Å². The van der Waals surface area contributed by atoms with Crippen LogP contribution in [-0.2, 0) is 9.53 Å². The van der Waals surface area contributed by atoms with Crippen molar-refractivity contribution in [1.82, 2.24) is 10.2 Å². The summed E-state index contributed by atoms with van der Waals surface area (Å²) in [7, 11) is 0. The lowest BCUT2D eigenvalue weighted by molar-refractivity contribution is -0.148. The Bertz CT molecular complexity index is 394. The number of rotatable bonds is 3. The van der Waals surface area contributed by atoms with Gasteiger partial charge in [0.05, 0.1) is 17.6 Å². The number of hydrogen-bond acceptors (Lipinski definition) is 3. The van der Waals surface area contributed by atoms with E-state index < -0.39 is 11.4 Å². The Kier molecular flexibility index (Phi) is 3.58. The van der Waals surface area contributed by atoms with E-state index in [1.165, 1.54) is 0 Å². The van der Waals surface area contributed by atoms with Gasteiger partial charge in [-0.25, -0.2) is 4.79 Å². The SMILES string of the molecule is O=C(NCC1(C(=O)O)CCCC1)N1CC2CCC(C1)O2. The van der Waals surface area contributed by atoms with Crippen molar-refractivity contribution in [2.45, 2.75) is 50.7 Å². The third-order valence-electron chi connectivity index (χ3n) is 4.92. The zero-order chi connectivity index (χ0) is 14.2. The molecule has 2 heterocycles. The van der Waals surface area contributed by atoms with E-state index in [2.05, 4.69) is 5.32 Å². The normalized spacial score (nSPS) is 31.3. The largest absolute Gasteiger partial charge is 0.481 e. The van der Waals surface area contributed by atoms with Crippen LogP contribution in [0.4, 0.5) is 4.79 Å². The van der Waals surface area contributed by atoms with Crippen molar-refractivity contribution in [2.24, 2.45) is 5.41 Å². The molecule has 1 saturated carbocycles. The molecular weight excluding hydrogens is 260 g/mol. The highest BCUT2D eigenvalue weighted by molar-refractivity contribution is 5.78. The number of carboxylic acids is 1. The molecule has 2 bridgehead atoms. The third-order valence-corrected chi connectivity index (χ3v) is 4.92. The number of morpholine rings is 1. The lowest BCUT2D eigenvalue weighted by Crippen LogP contribution is -2.52. The summed E-state index contributed by atoms with van der Waals surface area (Å²) in [6.07, 6.45) is 5.57. The maximum atomic E-state index is 12.2. The van der Waals surface area contributed by atoms with Gasteiger partial charge in [0, 0.05) is 19.6 Å². The van der Waals surface area contributed by atoms with E-state index in [1.54, 1.807) is 4.90 Å². The van der Waals surface area contributed by atoms with Gasteiger partial charge in [0.25, 0.3) is 0 Å². The van der Waals surface area contributed by atoms with Gasteiger partial charge in [0.2, 0.25) is 0 Å². The Morgan fingerprint density at radius 3 is 2.35 bits per heavy atom. The molecule has 0 aromatic heterocycles. The lowest BCUT2D eigenvalue weighted by atomic mass is 9.86. The van der Waals surface area contributed by atoms with E-state index in [-0.39, 0.29) is 24.8 Å². The Hall–Kier alpha value is -1.30. The molecular formula is C14H22N2O4. The number of nitrogens with one attached hydrogen (secondary N) is 1. The highest BCUT2D eigenvalue weighted by Crippen LogP contribution is 2.37. The Balaban J connectivity index is 1.55. The van der Waals surface area contributed by atoms with Crippen molar-refractivity contribution in [3.05, 3.63) is 0 Å². The number of likely N-dealkylation sites (tertiary alicyclic amines) is 1. The second kappa shape index (κ2) is 5.24. The summed E-state index contributed by atoms with van der Waals surface area (Å²) in [5, 5.41) is 12.2. The van der Waals surface area contributed by atoms with Gasteiger partial charge in [-0.3, -0.25) is 4.79 Å². The van der Waals surface area contributed by atoms with Gasteiger partial charge in [-0.15, -0.1) is 0 Å². The first-order chi connectivity index (χ1) is 9.59. The molecule has 0 aromatic carbocycles. The molecule has 3 fully saturated rings. The number of urea groups is 1. The van der Waals surface area contributed by atoms with Gasteiger partial charge in [-0.05, 0) is 25.7 Å². The molecule has 6 heteroatoms. The minimum absolute atomic E-state index is 0.141. The molecule has 2 atom stereocenters. The minimum atomic E-state index is -0.780. The molecule has 112 valence electrons. The Morgan fingerprint density at radius 1 is 1.20 bits per heavy atom. The van der Waals surface area contributed by atoms with Crippen molar-refractivity contribution >= 4 is 12.0 Å². The average molecular weight is 282 g/mol. The predicted octanol–water partition coefficient (Wildman–Crippen LogP) is 1.20. The number of ether oxygens (including phenoxy) is 1.